The number of hydrogen-bond donors (Lipinski definition) is 0. The summed E-state index contributed by atoms with van der Waals surface area (Å²) in [5.74, 6) is -1.47. The number of esters is 1. The van der Waals surface area contributed by atoms with Crippen LogP contribution in [-0.2, 0) is 19.2 Å². The number of benzene rings is 2. The molecule has 3 atom stereocenters. The number of anilines is 2. The number of fused-ring (bicyclic) bond motifs is 1. The lowest BCUT2D eigenvalue weighted by Gasteiger charge is -2.21. The van der Waals surface area contributed by atoms with Crippen molar-refractivity contribution in [3.05, 3.63) is 53.6 Å². The van der Waals surface area contributed by atoms with Crippen molar-refractivity contribution in [1.82, 2.24) is 0 Å². The first-order valence-corrected chi connectivity index (χ1v) is 11.9. The summed E-state index contributed by atoms with van der Waals surface area (Å²) in [5, 5.41) is 0. The molecule has 0 radical (unpaired) electrons. The van der Waals surface area contributed by atoms with Gasteiger partial charge in [-0.05, 0) is 62.1 Å². The van der Waals surface area contributed by atoms with Crippen LogP contribution in [0, 0.1) is 31.6 Å². The first-order valence-electron chi connectivity index (χ1n) is 11.9. The molecule has 2 heterocycles. The summed E-state index contributed by atoms with van der Waals surface area (Å²) in [6, 6.07) is 12.3. The van der Waals surface area contributed by atoms with Gasteiger partial charge in [-0.2, -0.15) is 0 Å². The van der Waals surface area contributed by atoms with Crippen molar-refractivity contribution in [3.8, 4) is 5.75 Å². The van der Waals surface area contributed by atoms with Crippen molar-refractivity contribution in [2.45, 2.75) is 46.0 Å². The third-order valence-electron chi connectivity index (χ3n) is 7.32. The van der Waals surface area contributed by atoms with Crippen LogP contribution in [0.3, 0.4) is 0 Å². The number of amides is 3. The highest BCUT2D eigenvalue weighted by Gasteiger charge is 2.48. The minimum atomic E-state index is -0.559. The van der Waals surface area contributed by atoms with Gasteiger partial charge in [0.25, 0.3) is 0 Å². The molecule has 7 nitrogen and oxygen atoms in total. The molecule has 2 aliphatic heterocycles. The predicted molar refractivity (Wildman–Crippen MR) is 126 cm³/mol. The summed E-state index contributed by atoms with van der Waals surface area (Å²) in [5.41, 5.74) is 3.33. The van der Waals surface area contributed by atoms with Crippen molar-refractivity contribution in [2.75, 3.05) is 16.3 Å². The molecule has 2 saturated heterocycles. The van der Waals surface area contributed by atoms with Crippen LogP contribution < -0.4 is 14.5 Å². The van der Waals surface area contributed by atoms with Gasteiger partial charge in [-0.25, -0.2) is 0 Å². The van der Waals surface area contributed by atoms with Crippen molar-refractivity contribution in [1.29, 1.82) is 0 Å². The van der Waals surface area contributed by atoms with Gasteiger partial charge in [-0.1, -0.05) is 31.0 Å². The monoisotopic (exact) mass is 460 g/mol. The van der Waals surface area contributed by atoms with Gasteiger partial charge in [-0.15, -0.1) is 0 Å². The zero-order chi connectivity index (χ0) is 24.0. The van der Waals surface area contributed by atoms with E-state index in [4.69, 9.17) is 4.74 Å². The molecule has 3 fully saturated rings. The van der Waals surface area contributed by atoms with Crippen molar-refractivity contribution < 1.29 is 23.9 Å². The topological polar surface area (TPSA) is 84.0 Å². The lowest BCUT2D eigenvalue weighted by Crippen LogP contribution is -2.30. The van der Waals surface area contributed by atoms with Crippen LogP contribution in [0.25, 0.3) is 0 Å². The first kappa shape index (κ1) is 22.3. The molecule has 34 heavy (non-hydrogen) atoms. The summed E-state index contributed by atoms with van der Waals surface area (Å²) < 4.78 is 5.55. The highest BCUT2D eigenvalue weighted by molar-refractivity contribution is 6.22. The Bertz CT molecular complexity index is 1130. The van der Waals surface area contributed by atoms with Gasteiger partial charge in [0.1, 0.15) is 5.75 Å². The number of nitrogens with zero attached hydrogens (tertiary/aromatic N) is 2. The van der Waals surface area contributed by atoms with Crippen molar-refractivity contribution >= 4 is 35.1 Å². The number of hydrogen-bond acceptors (Lipinski definition) is 5. The fourth-order valence-corrected chi connectivity index (χ4v) is 5.59. The van der Waals surface area contributed by atoms with E-state index in [1.807, 2.05) is 32.0 Å². The van der Waals surface area contributed by atoms with Crippen LogP contribution in [0.15, 0.2) is 42.5 Å². The Morgan fingerprint density at radius 2 is 1.47 bits per heavy atom. The number of ether oxygens (including phenoxy) is 1. The fraction of sp³-hybridized carbons (Fsp3) is 0.407. The van der Waals surface area contributed by atoms with Crippen LogP contribution in [-0.4, -0.2) is 30.2 Å². The Labute approximate surface area is 198 Å². The molecule has 7 heteroatoms. The summed E-state index contributed by atoms with van der Waals surface area (Å²) in [4.78, 5) is 54.0. The van der Waals surface area contributed by atoms with Gasteiger partial charge in [-0.3, -0.25) is 24.1 Å². The molecular formula is C27H28N2O5. The van der Waals surface area contributed by atoms with Crippen LogP contribution >= 0.6 is 0 Å². The van der Waals surface area contributed by atoms with E-state index >= 15 is 0 Å². The molecule has 1 aliphatic carbocycles. The molecule has 5 rings (SSSR count). The summed E-state index contributed by atoms with van der Waals surface area (Å²) in [7, 11) is 0. The number of carbonyl (C=O) groups is 4. The normalized spacial score (nSPS) is 24.5. The lowest BCUT2D eigenvalue weighted by atomic mass is 9.81. The van der Waals surface area contributed by atoms with Gasteiger partial charge in [0.05, 0.1) is 23.4 Å². The van der Waals surface area contributed by atoms with E-state index in [1.165, 1.54) is 4.90 Å². The molecular weight excluding hydrogens is 432 g/mol. The molecule has 1 saturated carbocycles. The number of carbonyl (C=O) groups excluding carboxylic acids is 4. The largest absolute Gasteiger partial charge is 0.426 e. The standard InChI is InChI=1S/C27H28N2O5/c1-16-6-5-7-17(2)24(16)28-15-18(14-23(28)30)27(33)34-20-12-10-19(11-13-20)29-25(31)21-8-3-4-9-22(21)26(29)32/h5-7,10-13,18,21-22H,3-4,8-9,14-15H2,1-2H3/t18-,21-,22-/m1/s1. The van der Waals surface area contributed by atoms with Crippen molar-refractivity contribution in [2.24, 2.45) is 17.8 Å². The maximum Gasteiger partial charge on any atom is 0.316 e. The average molecular weight is 461 g/mol. The van der Waals surface area contributed by atoms with Crippen LogP contribution in [0.5, 0.6) is 5.75 Å². The molecule has 0 spiro atoms. The van der Waals surface area contributed by atoms with E-state index in [2.05, 4.69) is 0 Å². The number of imide groups is 1. The molecule has 3 aliphatic rings. The predicted octanol–water partition coefficient (Wildman–Crippen LogP) is 3.94. The molecule has 0 N–H and O–H groups in total. The van der Waals surface area contributed by atoms with Gasteiger partial charge < -0.3 is 9.64 Å². The second-order valence-corrected chi connectivity index (χ2v) is 9.57. The minimum absolute atomic E-state index is 0.0952. The van der Waals surface area contributed by atoms with E-state index in [1.54, 1.807) is 29.2 Å². The first-order chi connectivity index (χ1) is 16.3. The Balaban J connectivity index is 1.26. The van der Waals surface area contributed by atoms with Gasteiger partial charge in [0.2, 0.25) is 17.7 Å². The number of para-hydroxylation sites is 1. The minimum Gasteiger partial charge on any atom is -0.426 e. The second-order valence-electron chi connectivity index (χ2n) is 9.57. The maximum atomic E-state index is 12.8. The Kier molecular flexibility index (Phi) is 5.71. The highest BCUT2D eigenvalue weighted by atomic mass is 16.5. The SMILES string of the molecule is Cc1cccc(C)c1N1C[C@H](C(=O)Oc2ccc(N3C(=O)[C@@H]4CCCC[C@H]4C3=O)cc2)CC1=O. The van der Waals surface area contributed by atoms with E-state index in [0.29, 0.717) is 11.4 Å². The number of rotatable bonds is 4. The molecule has 0 bridgehead atoms. The molecule has 0 unspecified atom stereocenters. The van der Waals surface area contributed by atoms with E-state index in [9.17, 15) is 19.2 Å². The van der Waals surface area contributed by atoms with Gasteiger partial charge in [0, 0.05) is 18.7 Å². The number of aryl methyl sites for hydroxylation is 2. The Hall–Kier alpha value is -3.48. The lowest BCUT2D eigenvalue weighted by molar-refractivity contribution is -0.139. The smallest absolute Gasteiger partial charge is 0.316 e. The van der Waals surface area contributed by atoms with Crippen LogP contribution in [0.4, 0.5) is 11.4 Å². The maximum absolute atomic E-state index is 12.8. The third kappa shape index (κ3) is 3.79. The molecule has 3 amide bonds. The summed E-state index contributed by atoms with van der Waals surface area (Å²) in [6.07, 6.45) is 3.59. The quantitative estimate of drug-likeness (QED) is 0.392. The molecule has 2 aromatic carbocycles. The molecule has 176 valence electrons. The van der Waals surface area contributed by atoms with E-state index in [-0.39, 0.29) is 42.5 Å². The zero-order valence-electron chi connectivity index (χ0n) is 19.5. The highest BCUT2D eigenvalue weighted by Crippen LogP contribution is 2.40. The molecule has 2 aromatic rings. The van der Waals surface area contributed by atoms with Gasteiger partial charge >= 0.3 is 5.97 Å². The van der Waals surface area contributed by atoms with Crippen molar-refractivity contribution in [3.63, 3.8) is 0 Å². The van der Waals surface area contributed by atoms with Crippen LogP contribution in [0.1, 0.15) is 43.2 Å². The molecule has 0 aromatic heterocycles. The third-order valence-corrected chi connectivity index (χ3v) is 7.32. The van der Waals surface area contributed by atoms with E-state index in [0.717, 1.165) is 42.5 Å². The summed E-state index contributed by atoms with van der Waals surface area (Å²) >= 11 is 0. The second kappa shape index (κ2) is 8.70. The Morgan fingerprint density at radius 1 is 0.882 bits per heavy atom. The fourth-order valence-electron chi connectivity index (χ4n) is 5.59. The zero-order valence-corrected chi connectivity index (χ0v) is 19.5. The van der Waals surface area contributed by atoms with E-state index < -0.39 is 11.9 Å². The van der Waals surface area contributed by atoms with Crippen LogP contribution in [0.2, 0.25) is 0 Å². The Morgan fingerprint density at radius 3 is 2.06 bits per heavy atom. The summed E-state index contributed by atoms with van der Waals surface area (Å²) in [6.45, 7) is 4.18. The van der Waals surface area contributed by atoms with Gasteiger partial charge in [0.15, 0.2) is 0 Å². The average Bonchev–Trinajstić information content (AvgIpc) is 3.32.